The average Bonchev–Trinajstić information content (AvgIpc) is 2.04. The molecule has 0 aliphatic rings. The van der Waals surface area contributed by atoms with Crippen LogP contribution in [-0.4, -0.2) is 53.8 Å². The van der Waals surface area contributed by atoms with Crippen molar-refractivity contribution in [3.8, 4) is 0 Å². The second kappa shape index (κ2) is 6.51. The smallest absolute Gasteiger partial charge is 0.0894 e. The van der Waals surface area contributed by atoms with Gasteiger partial charge in [-0.15, -0.1) is 0 Å². The SMILES string of the molecule is N[C@H](CO)CNCC(O)CO. The summed E-state index contributed by atoms with van der Waals surface area (Å²) in [5.74, 6) is 0. The molecule has 0 spiro atoms. The van der Waals surface area contributed by atoms with Crippen molar-refractivity contribution in [1.29, 1.82) is 0 Å². The normalized spacial score (nSPS) is 16.4. The largest absolute Gasteiger partial charge is 0.395 e. The summed E-state index contributed by atoms with van der Waals surface area (Å²) < 4.78 is 0. The van der Waals surface area contributed by atoms with Gasteiger partial charge >= 0.3 is 0 Å². The summed E-state index contributed by atoms with van der Waals surface area (Å²) in [6, 6.07) is -0.305. The minimum atomic E-state index is -0.749. The molecular formula is C6H16N2O3. The first-order valence-corrected chi connectivity index (χ1v) is 3.56. The zero-order valence-electron chi connectivity index (χ0n) is 6.40. The van der Waals surface area contributed by atoms with Crippen LogP contribution in [0.5, 0.6) is 0 Å². The predicted octanol–water partition coefficient (Wildman–Crippen LogP) is -2.75. The molecule has 1 unspecified atom stereocenters. The number of aliphatic hydroxyl groups excluding tert-OH is 3. The highest BCUT2D eigenvalue weighted by Crippen LogP contribution is 1.77. The van der Waals surface area contributed by atoms with Crippen LogP contribution in [0.3, 0.4) is 0 Å². The van der Waals surface area contributed by atoms with Crippen molar-refractivity contribution in [2.24, 2.45) is 5.73 Å². The standard InChI is InChI=1S/C6H16N2O3/c7-5(3-9)1-8-2-6(11)4-10/h5-6,8-11H,1-4,7H2/t5-,6?/m0/s1. The van der Waals surface area contributed by atoms with E-state index in [1.54, 1.807) is 0 Å². The molecule has 0 aliphatic heterocycles. The van der Waals surface area contributed by atoms with Crippen LogP contribution in [0.2, 0.25) is 0 Å². The van der Waals surface area contributed by atoms with Crippen molar-refractivity contribution in [1.82, 2.24) is 5.32 Å². The fraction of sp³-hybridized carbons (Fsp3) is 1.00. The van der Waals surface area contributed by atoms with E-state index < -0.39 is 6.10 Å². The Kier molecular flexibility index (Phi) is 6.39. The van der Waals surface area contributed by atoms with Crippen LogP contribution in [0, 0.1) is 0 Å². The third-order valence-corrected chi connectivity index (χ3v) is 1.23. The molecule has 5 heteroatoms. The summed E-state index contributed by atoms with van der Waals surface area (Å²) >= 11 is 0. The lowest BCUT2D eigenvalue weighted by Gasteiger charge is -2.11. The number of hydrogen-bond donors (Lipinski definition) is 5. The highest BCUT2D eigenvalue weighted by atomic mass is 16.3. The van der Waals surface area contributed by atoms with Gasteiger partial charge < -0.3 is 26.4 Å². The first kappa shape index (κ1) is 10.8. The molecule has 68 valence electrons. The van der Waals surface area contributed by atoms with E-state index in [2.05, 4.69) is 5.32 Å². The molecule has 6 N–H and O–H groups in total. The molecule has 0 fully saturated rings. The van der Waals surface area contributed by atoms with Gasteiger partial charge in [0.1, 0.15) is 0 Å². The Labute approximate surface area is 65.8 Å². The van der Waals surface area contributed by atoms with Crippen LogP contribution in [0.25, 0.3) is 0 Å². The van der Waals surface area contributed by atoms with Crippen LogP contribution in [0.1, 0.15) is 0 Å². The van der Waals surface area contributed by atoms with Crippen molar-refractivity contribution in [3.63, 3.8) is 0 Å². The summed E-state index contributed by atoms with van der Waals surface area (Å²) in [5.41, 5.74) is 5.34. The lowest BCUT2D eigenvalue weighted by molar-refractivity contribution is 0.0937. The molecule has 5 nitrogen and oxygen atoms in total. The molecule has 0 heterocycles. The maximum absolute atomic E-state index is 8.83. The van der Waals surface area contributed by atoms with Gasteiger partial charge in [0, 0.05) is 19.1 Å². The van der Waals surface area contributed by atoms with Gasteiger partial charge in [0.25, 0.3) is 0 Å². The van der Waals surface area contributed by atoms with Crippen LogP contribution in [-0.2, 0) is 0 Å². The summed E-state index contributed by atoms with van der Waals surface area (Å²) in [7, 11) is 0. The van der Waals surface area contributed by atoms with Crippen molar-refractivity contribution < 1.29 is 15.3 Å². The maximum atomic E-state index is 8.83. The van der Waals surface area contributed by atoms with E-state index in [1.165, 1.54) is 0 Å². The quantitative estimate of drug-likeness (QED) is 0.293. The van der Waals surface area contributed by atoms with Gasteiger partial charge in [-0.2, -0.15) is 0 Å². The summed E-state index contributed by atoms with van der Waals surface area (Å²) in [6.07, 6.45) is -0.749. The molecule has 0 saturated carbocycles. The van der Waals surface area contributed by atoms with E-state index in [1.807, 2.05) is 0 Å². The van der Waals surface area contributed by atoms with Crippen molar-refractivity contribution in [2.75, 3.05) is 26.3 Å². The lowest BCUT2D eigenvalue weighted by Crippen LogP contribution is -2.40. The van der Waals surface area contributed by atoms with E-state index in [9.17, 15) is 0 Å². The van der Waals surface area contributed by atoms with Crippen molar-refractivity contribution >= 4 is 0 Å². The van der Waals surface area contributed by atoms with Crippen LogP contribution in [0.4, 0.5) is 0 Å². The molecule has 2 atom stereocenters. The molecule has 0 aromatic carbocycles. The third kappa shape index (κ3) is 6.21. The minimum Gasteiger partial charge on any atom is -0.395 e. The first-order valence-electron chi connectivity index (χ1n) is 3.56. The van der Waals surface area contributed by atoms with Crippen LogP contribution < -0.4 is 11.1 Å². The number of rotatable bonds is 6. The Balaban J connectivity index is 3.13. The molecule has 0 aromatic rings. The fourth-order valence-corrected chi connectivity index (χ4v) is 0.564. The van der Waals surface area contributed by atoms with Gasteiger partial charge in [-0.05, 0) is 0 Å². The topological polar surface area (TPSA) is 98.7 Å². The van der Waals surface area contributed by atoms with E-state index in [0.717, 1.165) is 0 Å². The number of nitrogens with one attached hydrogen (secondary N) is 1. The number of aliphatic hydroxyl groups is 3. The third-order valence-electron chi connectivity index (χ3n) is 1.23. The summed E-state index contributed by atoms with van der Waals surface area (Å²) in [4.78, 5) is 0. The fourth-order valence-electron chi connectivity index (χ4n) is 0.564. The lowest BCUT2D eigenvalue weighted by atomic mass is 10.3. The Bertz CT molecular complexity index is 81.9. The molecule has 0 amide bonds. The molecule has 0 rings (SSSR count). The van der Waals surface area contributed by atoms with Gasteiger partial charge in [0.15, 0.2) is 0 Å². The number of nitrogens with two attached hydrogens (primary N) is 1. The zero-order chi connectivity index (χ0) is 8.69. The molecule has 0 aromatic heterocycles. The number of hydrogen-bond acceptors (Lipinski definition) is 5. The highest BCUT2D eigenvalue weighted by molar-refractivity contribution is 4.64. The monoisotopic (exact) mass is 164 g/mol. The average molecular weight is 164 g/mol. The highest BCUT2D eigenvalue weighted by Gasteiger charge is 2.02. The van der Waals surface area contributed by atoms with Gasteiger partial charge in [-0.25, -0.2) is 0 Å². The molecule has 0 radical (unpaired) electrons. The van der Waals surface area contributed by atoms with Crippen molar-refractivity contribution in [2.45, 2.75) is 12.1 Å². The van der Waals surface area contributed by atoms with Gasteiger partial charge in [0.2, 0.25) is 0 Å². The Morgan fingerprint density at radius 3 is 2.27 bits per heavy atom. The second-order valence-electron chi connectivity index (χ2n) is 2.44. The Morgan fingerprint density at radius 2 is 1.82 bits per heavy atom. The maximum Gasteiger partial charge on any atom is 0.0894 e. The van der Waals surface area contributed by atoms with E-state index in [-0.39, 0.29) is 19.3 Å². The predicted molar refractivity (Wildman–Crippen MR) is 41.0 cm³/mol. The van der Waals surface area contributed by atoms with Crippen molar-refractivity contribution in [3.05, 3.63) is 0 Å². The van der Waals surface area contributed by atoms with Gasteiger partial charge in [-0.3, -0.25) is 0 Å². The Hall–Kier alpha value is -0.200. The molecule has 0 saturated heterocycles. The summed E-state index contributed by atoms with van der Waals surface area (Å²) in [6.45, 7) is 0.390. The van der Waals surface area contributed by atoms with E-state index in [4.69, 9.17) is 21.1 Å². The van der Waals surface area contributed by atoms with E-state index >= 15 is 0 Å². The molecule has 0 bridgehead atoms. The zero-order valence-corrected chi connectivity index (χ0v) is 6.40. The first-order chi connectivity index (χ1) is 5.20. The van der Waals surface area contributed by atoms with Crippen LogP contribution in [0.15, 0.2) is 0 Å². The minimum absolute atomic E-state index is 0.0811. The molecule has 0 aliphatic carbocycles. The second-order valence-corrected chi connectivity index (χ2v) is 2.44. The van der Waals surface area contributed by atoms with Crippen LogP contribution >= 0.6 is 0 Å². The molecule has 11 heavy (non-hydrogen) atoms. The summed E-state index contributed by atoms with van der Waals surface area (Å²) in [5, 5.41) is 28.5. The van der Waals surface area contributed by atoms with Gasteiger partial charge in [0.05, 0.1) is 19.3 Å². The van der Waals surface area contributed by atoms with Gasteiger partial charge in [-0.1, -0.05) is 0 Å². The Morgan fingerprint density at radius 1 is 1.18 bits per heavy atom. The molecular weight excluding hydrogens is 148 g/mol. The van der Waals surface area contributed by atoms with E-state index in [0.29, 0.717) is 13.1 Å².